The van der Waals surface area contributed by atoms with Gasteiger partial charge in [0.2, 0.25) is 5.95 Å². The highest BCUT2D eigenvalue weighted by molar-refractivity contribution is 6.31. The third-order valence-corrected chi connectivity index (χ3v) is 4.22. The first-order valence-corrected chi connectivity index (χ1v) is 8.73. The molecule has 0 atom stereocenters. The number of tetrazole rings is 1. The van der Waals surface area contributed by atoms with Crippen molar-refractivity contribution in [3.05, 3.63) is 71.3 Å². The molecule has 27 heavy (non-hydrogen) atoms. The zero-order chi connectivity index (χ0) is 19.1. The molecule has 2 aromatic carbocycles. The molecular formula is C19H20ClN5O2. The summed E-state index contributed by atoms with van der Waals surface area (Å²) in [6.07, 6.45) is 1.73. The fourth-order valence-electron chi connectivity index (χ4n) is 2.47. The molecule has 3 aromatic rings. The van der Waals surface area contributed by atoms with Gasteiger partial charge in [-0.05, 0) is 34.2 Å². The van der Waals surface area contributed by atoms with Crippen molar-refractivity contribution in [2.45, 2.75) is 19.7 Å². The Labute approximate surface area is 162 Å². The molecule has 1 aromatic heterocycles. The number of benzene rings is 2. The van der Waals surface area contributed by atoms with Crippen molar-refractivity contribution in [2.75, 3.05) is 12.4 Å². The Morgan fingerprint density at radius 2 is 2.07 bits per heavy atom. The van der Waals surface area contributed by atoms with E-state index in [-0.39, 0.29) is 0 Å². The van der Waals surface area contributed by atoms with Crippen molar-refractivity contribution in [3.63, 3.8) is 0 Å². The molecule has 0 spiro atoms. The van der Waals surface area contributed by atoms with E-state index in [4.69, 9.17) is 21.1 Å². The molecule has 0 unspecified atom stereocenters. The molecule has 0 aliphatic heterocycles. The van der Waals surface area contributed by atoms with Crippen LogP contribution in [0.4, 0.5) is 5.95 Å². The highest BCUT2D eigenvalue weighted by Crippen LogP contribution is 2.29. The Bertz CT molecular complexity index is 913. The lowest BCUT2D eigenvalue weighted by molar-refractivity contribution is 0.284. The third-order valence-electron chi connectivity index (χ3n) is 3.85. The summed E-state index contributed by atoms with van der Waals surface area (Å²) < 4.78 is 13.0. The molecule has 0 bridgehead atoms. The standard InChI is InChI=1S/C19H20ClN5O2/c1-3-10-25-19(22-23-24-25)21-12-14-8-9-17(18(11-14)26-2)27-13-15-6-4-5-7-16(15)20/h3-9,11H,1,10,12-13H2,2H3,(H,21,22,24). The quantitative estimate of drug-likeness (QED) is 0.566. The summed E-state index contributed by atoms with van der Waals surface area (Å²) >= 11 is 6.17. The van der Waals surface area contributed by atoms with Gasteiger partial charge in [-0.15, -0.1) is 6.58 Å². The topological polar surface area (TPSA) is 74.1 Å². The van der Waals surface area contributed by atoms with Crippen LogP contribution in [0.5, 0.6) is 11.5 Å². The molecule has 0 saturated heterocycles. The fourth-order valence-corrected chi connectivity index (χ4v) is 2.66. The lowest BCUT2D eigenvalue weighted by atomic mass is 10.2. The maximum absolute atomic E-state index is 6.17. The maximum atomic E-state index is 6.17. The smallest absolute Gasteiger partial charge is 0.243 e. The van der Waals surface area contributed by atoms with Gasteiger partial charge in [-0.3, -0.25) is 0 Å². The van der Waals surface area contributed by atoms with Crippen molar-refractivity contribution in [1.82, 2.24) is 20.2 Å². The number of ether oxygens (including phenoxy) is 2. The molecule has 0 aliphatic rings. The average molecular weight is 386 g/mol. The SMILES string of the molecule is C=CCn1nnnc1NCc1ccc(OCc2ccccc2Cl)c(OC)c1. The van der Waals surface area contributed by atoms with Gasteiger partial charge in [-0.25, -0.2) is 4.68 Å². The molecule has 0 fully saturated rings. The van der Waals surface area contributed by atoms with E-state index in [0.29, 0.717) is 42.2 Å². The second-order valence-electron chi connectivity index (χ2n) is 5.69. The summed E-state index contributed by atoms with van der Waals surface area (Å²) in [4.78, 5) is 0. The first kappa shape index (κ1) is 18.7. The molecule has 0 amide bonds. The van der Waals surface area contributed by atoms with E-state index in [9.17, 15) is 0 Å². The first-order valence-electron chi connectivity index (χ1n) is 8.35. The van der Waals surface area contributed by atoms with Crippen LogP contribution < -0.4 is 14.8 Å². The molecule has 3 rings (SSSR count). The van der Waals surface area contributed by atoms with Crippen LogP contribution in [-0.2, 0) is 19.7 Å². The summed E-state index contributed by atoms with van der Waals surface area (Å²) in [7, 11) is 1.61. The minimum absolute atomic E-state index is 0.365. The summed E-state index contributed by atoms with van der Waals surface area (Å²) in [5.41, 5.74) is 1.92. The van der Waals surface area contributed by atoms with Gasteiger partial charge in [0.15, 0.2) is 11.5 Å². The highest BCUT2D eigenvalue weighted by atomic mass is 35.5. The van der Waals surface area contributed by atoms with E-state index >= 15 is 0 Å². The van der Waals surface area contributed by atoms with Gasteiger partial charge in [0.05, 0.1) is 13.7 Å². The normalized spacial score (nSPS) is 10.4. The van der Waals surface area contributed by atoms with Gasteiger partial charge in [-0.2, -0.15) is 0 Å². The average Bonchev–Trinajstić information content (AvgIpc) is 3.13. The second kappa shape index (κ2) is 9.05. The van der Waals surface area contributed by atoms with Crippen molar-refractivity contribution in [1.29, 1.82) is 0 Å². The van der Waals surface area contributed by atoms with Crippen LogP contribution in [0.2, 0.25) is 5.02 Å². The number of hydrogen-bond acceptors (Lipinski definition) is 6. The monoisotopic (exact) mass is 385 g/mol. The van der Waals surface area contributed by atoms with Crippen LogP contribution in [0.1, 0.15) is 11.1 Å². The van der Waals surface area contributed by atoms with Crippen LogP contribution >= 0.6 is 11.6 Å². The van der Waals surface area contributed by atoms with Crippen LogP contribution in [0.3, 0.4) is 0 Å². The molecule has 0 saturated carbocycles. The van der Waals surface area contributed by atoms with Gasteiger partial charge in [0.25, 0.3) is 0 Å². The zero-order valence-corrected chi connectivity index (χ0v) is 15.7. The third kappa shape index (κ3) is 4.77. The van der Waals surface area contributed by atoms with E-state index in [1.807, 2.05) is 42.5 Å². The van der Waals surface area contributed by atoms with Gasteiger partial charge < -0.3 is 14.8 Å². The van der Waals surface area contributed by atoms with Gasteiger partial charge >= 0.3 is 0 Å². The number of rotatable bonds is 9. The minimum Gasteiger partial charge on any atom is -0.493 e. The molecule has 140 valence electrons. The number of allylic oxidation sites excluding steroid dienone is 1. The number of nitrogens with zero attached hydrogens (tertiary/aromatic N) is 4. The summed E-state index contributed by atoms with van der Waals surface area (Å²) in [6, 6.07) is 13.3. The first-order chi connectivity index (χ1) is 13.2. The number of anilines is 1. The Morgan fingerprint density at radius 1 is 1.22 bits per heavy atom. The molecule has 0 radical (unpaired) electrons. The summed E-state index contributed by atoms with van der Waals surface area (Å²) in [5.74, 6) is 1.87. The summed E-state index contributed by atoms with van der Waals surface area (Å²) in [5, 5.41) is 15.4. The number of nitrogens with one attached hydrogen (secondary N) is 1. The number of methoxy groups -OCH3 is 1. The minimum atomic E-state index is 0.365. The van der Waals surface area contributed by atoms with E-state index in [2.05, 4.69) is 27.4 Å². The Balaban J connectivity index is 1.66. The van der Waals surface area contributed by atoms with Crippen LogP contribution in [-0.4, -0.2) is 27.3 Å². The molecular weight excluding hydrogens is 366 g/mol. The predicted molar refractivity (Wildman–Crippen MR) is 104 cm³/mol. The second-order valence-corrected chi connectivity index (χ2v) is 6.10. The largest absolute Gasteiger partial charge is 0.493 e. The molecule has 7 nitrogen and oxygen atoms in total. The van der Waals surface area contributed by atoms with Crippen molar-refractivity contribution in [2.24, 2.45) is 0 Å². The predicted octanol–water partition coefficient (Wildman–Crippen LogP) is 3.71. The van der Waals surface area contributed by atoms with Gasteiger partial charge in [0, 0.05) is 17.1 Å². The Hall–Kier alpha value is -3.06. The van der Waals surface area contributed by atoms with E-state index < -0.39 is 0 Å². The van der Waals surface area contributed by atoms with E-state index in [0.717, 1.165) is 11.1 Å². The van der Waals surface area contributed by atoms with Crippen molar-refractivity contribution < 1.29 is 9.47 Å². The molecule has 1 N–H and O–H groups in total. The lowest BCUT2D eigenvalue weighted by Gasteiger charge is -2.13. The van der Waals surface area contributed by atoms with Crippen LogP contribution in [0.25, 0.3) is 0 Å². The zero-order valence-electron chi connectivity index (χ0n) is 14.9. The summed E-state index contributed by atoms with van der Waals surface area (Å²) in [6.45, 7) is 5.13. The number of halogens is 1. The lowest BCUT2D eigenvalue weighted by Crippen LogP contribution is -2.08. The van der Waals surface area contributed by atoms with Crippen molar-refractivity contribution in [3.8, 4) is 11.5 Å². The molecule has 0 aliphatic carbocycles. The Morgan fingerprint density at radius 3 is 2.85 bits per heavy atom. The number of hydrogen-bond donors (Lipinski definition) is 1. The molecule has 8 heteroatoms. The molecule has 1 heterocycles. The maximum Gasteiger partial charge on any atom is 0.243 e. The van der Waals surface area contributed by atoms with Crippen LogP contribution in [0, 0.1) is 0 Å². The van der Waals surface area contributed by atoms with E-state index in [1.165, 1.54) is 0 Å². The van der Waals surface area contributed by atoms with E-state index in [1.54, 1.807) is 17.9 Å². The fraction of sp³-hybridized carbons (Fsp3) is 0.211. The van der Waals surface area contributed by atoms with Gasteiger partial charge in [0.1, 0.15) is 6.61 Å². The highest BCUT2D eigenvalue weighted by Gasteiger charge is 2.09. The van der Waals surface area contributed by atoms with Crippen molar-refractivity contribution >= 4 is 17.5 Å². The van der Waals surface area contributed by atoms with Gasteiger partial charge in [-0.1, -0.05) is 47.0 Å². The van der Waals surface area contributed by atoms with Crippen LogP contribution in [0.15, 0.2) is 55.1 Å². The Kier molecular flexibility index (Phi) is 6.27. The number of aromatic nitrogens is 4.